The number of hydrogen-bond acceptors (Lipinski definition) is 7. The van der Waals surface area contributed by atoms with Gasteiger partial charge in [-0.15, -0.1) is 0 Å². The van der Waals surface area contributed by atoms with E-state index < -0.39 is 0 Å². The highest BCUT2D eigenvalue weighted by molar-refractivity contribution is 7.80. The summed E-state index contributed by atoms with van der Waals surface area (Å²) in [6.45, 7) is 2.67. The van der Waals surface area contributed by atoms with Gasteiger partial charge in [-0.3, -0.25) is 5.43 Å². The van der Waals surface area contributed by atoms with Gasteiger partial charge < -0.3 is 19.5 Å². The van der Waals surface area contributed by atoms with Crippen LogP contribution in [0, 0.1) is 0 Å². The maximum atomic E-state index is 5.75. The standard InChI is InChI=1S/C16H19N5O3S/c1-4-17-16(25)21-18-10-11-7-5-6-8-12(11)24-15-19-13(22-2)9-14(20-15)23-3/h5-10H,4H2,1-3H3,(H2,17,21,25)/b18-10+. The van der Waals surface area contributed by atoms with Gasteiger partial charge in [0.1, 0.15) is 5.75 Å². The summed E-state index contributed by atoms with van der Waals surface area (Å²) in [5.74, 6) is 1.20. The van der Waals surface area contributed by atoms with Gasteiger partial charge in [-0.25, -0.2) is 0 Å². The highest BCUT2D eigenvalue weighted by atomic mass is 32.1. The molecule has 0 fully saturated rings. The topological polar surface area (TPSA) is 89.9 Å². The van der Waals surface area contributed by atoms with Crippen LogP contribution in [0.15, 0.2) is 35.4 Å². The molecule has 0 bridgehead atoms. The Bertz CT molecular complexity index is 732. The summed E-state index contributed by atoms with van der Waals surface area (Å²) < 4.78 is 16.0. The summed E-state index contributed by atoms with van der Waals surface area (Å²) in [7, 11) is 3.01. The predicted molar refractivity (Wildman–Crippen MR) is 98.7 cm³/mol. The smallest absolute Gasteiger partial charge is 0.328 e. The monoisotopic (exact) mass is 361 g/mol. The highest BCUT2D eigenvalue weighted by Gasteiger charge is 2.09. The molecule has 1 aromatic carbocycles. The molecular formula is C16H19N5O3S. The molecule has 0 spiro atoms. The summed E-state index contributed by atoms with van der Waals surface area (Å²) in [4.78, 5) is 8.29. The molecule has 1 aromatic heterocycles. The lowest BCUT2D eigenvalue weighted by Gasteiger charge is -2.09. The minimum absolute atomic E-state index is 0.105. The van der Waals surface area contributed by atoms with E-state index in [1.807, 2.05) is 25.1 Å². The molecular weight excluding hydrogens is 342 g/mol. The Balaban J connectivity index is 2.18. The number of para-hydroxylation sites is 1. The number of nitrogens with one attached hydrogen (secondary N) is 2. The molecule has 0 unspecified atom stereocenters. The summed E-state index contributed by atoms with van der Waals surface area (Å²) >= 11 is 5.05. The lowest BCUT2D eigenvalue weighted by atomic mass is 10.2. The number of benzene rings is 1. The highest BCUT2D eigenvalue weighted by Crippen LogP contribution is 2.25. The zero-order chi connectivity index (χ0) is 18.1. The third-order valence-electron chi connectivity index (χ3n) is 2.90. The average molecular weight is 361 g/mol. The van der Waals surface area contributed by atoms with Crippen molar-refractivity contribution < 1.29 is 14.2 Å². The lowest BCUT2D eigenvalue weighted by molar-refractivity contribution is 0.348. The normalized spacial score (nSPS) is 10.4. The SMILES string of the molecule is CCNC(=S)N/N=C/c1ccccc1Oc1nc(OC)cc(OC)n1. The van der Waals surface area contributed by atoms with Crippen molar-refractivity contribution in [2.24, 2.45) is 5.10 Å². The van der Waals surface area contributed by atoms with Gasteiger partial charge in [-0.2, -0.15) is 15.1 Å². The quantitative estimate of drug-likeness (QED) is 0.440. The molecule has 2 aromatic rings. The van der Waals surface area contributed by atoms with Crippen molar-refractivity contribution in [3.8, 4) is 23.5 Å². The third kappa shape index (κ3) is 5.57. The minimum Gasteiger partial charge on any atom is -0.481 e. The van der Waals surface area contributed by atoms with Crippen molar-refractivity contribution in [3.05, 3.63) is 35.9 Å². The van der Waals surface area contributed by atoms with Crippen LogP contribution in [0.3, 0.4) is 0 Å². The van der Waals surface area contributed by atoms with E-state index in [1.54, 1.807) is 18.3 Å². The van der Waals surface area contributed by atoms with Crippen molar-refractivity contribution in [1.29, 1.82) is 0 Å². The maximum absolute atomic E-state index is 5.75. The van der Waals surface area contributed by atoms with Crippen molar-refractivity contribution in [1.82, 2.24) is 20.7 Å². The fraction of sp³-hybridized carbons (Fsp3) is 0.250. The maximum Gasteiger partial charge on any atom is 0.328 e. The number of aromatic nitrogens is 2. The first kappa shape index (κ1) is 18.4. The number of rotatable bonds is 7. The molecule has 132 valence electrons. The van der Waals surface area contributed by atoms with Crippen molar-refractivity contribution >= 4 is 23.5 Å². The summed E-state index contributed by atoms with van der Waals surface area (Å²) in [6, 6.07) is 8.98. The Morgan fingerprint density at radius 2 is 1.88 bits per heavy atom. The second-order valence-electron chi connectivity index (χ2n) is 4.60. The minimum atomic E-state index is 0.105. The van der Waals surface area contributed by atoms with Gasteiger partial charge in [-0.1, -0.05) is 12.1 Å². The molecule has 2 N–H and O–H groups in total. The zero-order valence-electron chi connectivity index (χ0n) is 14.1. The Morgan fingerprint density at radius 3 is 2.52 bits per heavy atom. The van der Waals surface area contributed by atoms with Crippen molar-refractivity contribution in [2.45, 2.75) is 6.92 Å². The van der Waals surface area contributed by atoms with Crippen LogP contribution in [0.25, 0.3) is 0 Å². The second-order valence-corrected chi connectivity index (χ2v) is 5.01. The predicted octanol–water partition coefficient (Wildman–Crippen LogP) is 2.10. The largest absolute Gasteiger partial charge is 0.481 e. The van der Waals surface area contributed by atoms with Gasteiger partial charge >= 0.3 is 6.01 Å². The molecule has 0 atom stereocenters. The fourth-order valence-corrected chi connectivity index (χ4v) is 1.97. The molecule has 0 aliphatic heterocycles. The molecule has 8 nitrogen and oxygen atoms in total. The average Bonchev–Trinajstić information content (AvgIpc) is 2.63. The number of hydrazone groups is 1. The van der Waals surface area contributed by atoms with E-state index in [4.69, 9.17) is 26.4 Å². The molecule has 0 saturated heterocycles. The second kappa shape index (κ2) is 9.38. The molecule has 0 radical (unpaired) electrons. The molecule has 0 saturated carbocycles. The van der Waals surface area contributed by atoms with Gasteiger partial charge in [0.05, 0.1) is 26.5 Å². The van der Waals surface area contributed by atoms with Crippen LogP contribution in [0.5, 0.6) is 23.5 Å². The van der Waals surface area contributed by atoms with Crippen LogP contribution in [0.4, 0.5) is 0 Å². The molecule has 9 heteroatoms. The number of methoxy groups -OCH3 is 2. The van der Waals surface area contributed by atoms with E-state index in [2.05, 4.69) is 25.8 Å². The first-order valence-corrected chi connectivity index (χ1v) is 7.88. The van der Waals surface area contributed by atoms with Crippen molar-refractivity contribution in [3.63, 3.8) is 0 Å². The van der Waals surface area contributed by atoms with Gasteiger partial charge in [0.2, 0.25) is 11.8 Å². The van der Waals surface area contributed by atoms with Crippen LogP contribution in [0.2, 0.25) is 0 Å². The van der Waals surface area contributed by atoms with Gasteiger partial charge in [0.15, 0.2) is 5.11 Å². The van der Waals surface area contributed by atoms with Crippen LogP contribution >= 0.6 is 12.2 Å². The fourth-order valence-electron chi connectivity index (χ4n) is 1.78. The van der Waals surface area contributed by atoms with Crippen molar-refractivity contribution in [2.75, 3.05) is 20.8 Å². The Labute approximate surface area is 151 Å². The number of ether oxygens (including phenoxy) is 3. The third-order valence-corrected chi connectivity index (χ3v) is 3.14. The van der Waals surface area contributed by atoms with E-state index in [0.717, 1.165) is 12.1 Å². The molecule has 2 rings (SSSR count). The zero-order valence-corrected chi connectivity index (χ0v) is 15.0. The van der Waals surface area contributed by atoms with E-state index in [0.29, 0.717) is 22.6 Å². The molecule has 0 aliphatic rings. The number of hydrogen-bond donors (Lipinski definition) is 2. The van der Waals surface area contributed by atoms with E-state index in [1.165, 1.54) is 14.2 Å². The van der Waals surface area contributed by atoms with Crippen LogP contribution in [0.1, 0.15) is 12.5 Å². The first-order valence-electron chi connectivity index (χ1n) is 7.47. The van der Waals surface area contributed by atoms with Crippen LogP contribution in [-0.2, 0) is 0 Å². The lowest BCUT2D eigenvalue weighted by Crippen LogP contribution is -2.31. The Morgan fingerprint density at radius 1 is 1.20 bits per heavy atom. The van der Waals surface area contributed by atoms with Crippen LogP contribution in [-0.4, -0.2) is 42.1 Å². The van der Waals surface area contributed by atoms with E-state index >= 15 is 0 Å². The van der Waals surface area contributed by atoms with Gasteiger partial charge in [-0.05, 0) is 31.3 Å². The summed E-state index contributed by atoms with van der Waals surface area (Å²) in [5, 5.41) is 7.46. The Hall–Kier alpha value is -2.94. The molecule has 0 amide bonds. The van der Waals surface area contributed by atoms with E-state index in [9.17, 15) is 0 Å². The van der Waals surface area contributed by atoms with E-state index in [-0.39, 0.29) is 6.01 Å². The van der Waals surface area contributed by atoms with Gasteiger partial charge in [0.25, 0.3) is 0 Å². The number of thiocarbonyl (C=S) groups is 1. The van der Waals surface area contributed by atoms with Gasteiger partial charge in [0, 0.05) is 12.1 Å². The molecule has 25 heavy (non-hydrogen) atoms. The molecule has 1 heterocycles. The summed E-state index contributed by atoms with van der Waals surface area (Å²) in [5.41, 5.74) is 3.44. The van der Waals surface area contributed by atoms with Crippen LogP contribution < -0.4 is 25.0 Å². The molecule has 0 aliphatic carbocycles. The number of nitrogens with zero attached hydrogens (tertiary/aromatic N) is 3. The Kier molecular flexibility index (Phi) is 6.90. The first-order chi connectivity index (χ1) is 12.2. The summed E-state index contributed by atoms with van der Waals surface area (Å²) in [6.07, 6.45) is 1.59.